The van der Waals surface area contributed by atoms with Crippen LogP contribution in [0, 0.1) is 0 Å². The number of benzene rings is 2. The van der Waals surface area contributed by atoms with Gasteiger partial charge in [0.05, 0.1) is 12.7 Å². The number of fused-ring (bicyclic) bond motifs is 1. The molecule has 0 saturated heterocycles. The maximum absolute atomic E-state index is 12.4. The van der Waals surface area contributed by atoms with Crippen LogP contribution in [0.15, 0.2) is 68.2 Å². The maximum Gasteiger partial charge on any atom is 0.349 e. The average Bonchev–Trinajstić information content (AvgIpc) is 3.15. The van der Waals surface area contributed by atoms with E-state index in [9.17, 15) is 9.59 Å². The van der Waals surface area contributed by atoms with E-state index in [1.165, 1.54) is 13.2 Å². The summed E-state index contributed by atoms with van der Waals surface area (Å²) in [5, 5.41) is 10.7. The van der Waals surface area contributed by atoms with Crippen LogP contribution >= 0.6 is 0 Å². The van der Waals surface area contributed by atoms with Crippen LogP contribution in [0.3, 0.4) is 0 Å². The van der Waals surface area contributed by atoms with Crippen LogP contribution in [0.25, 0.3) is 22.4 Å². The zero-order chi connectivity index (χ0) is 18.8. The number of methoxy groups -OCH3 is 1. The maximum atomic E-state index is 12.4. The quantitative estimate of drug-likeness (QED) is 0.555. The topological polar surface area (TPSA) is 107 Å². The van der Waals surface area contributed by atoms with Crippen LogP contribution in [0.4, 0.5) is 6.01 Å². The first-order valence-corrected chi connectivity index (χ1v) is 7.97. The van der Waals surface area contributed by atoms with Crippen molar-refractivity contribution < 1.29 is 18.4 Å². The van der Waals surface area contributed by atoms with Gasteiger partial charge in [0.1, 0.15) is 16.9 Å². The summed E-state index contributed by atoms with van der Waals surface area (Å²) in [6.45, 7) is 0. The van der Waals surface area contributed by atoms with Crippen LogP contribution in [0.5, 0.6) is 5.75 Å². The third-order valence-electron chi connectivity index (χ3n) is 3.87. The molecule has 8 nitrogen and oxygen atoms in total. The molecule has 0 atom stereocenters. The van der Waals surface area contributed by atoms with Gasteiger partial charge in [-0.3, -0.25) is 10.1 Å². The molecule has 1 amide bonds. The molecule has 27 heavy (non-hydrogen) atoms. The summed E-state index contributed by atoms with van der Waals surface area (Å²) < 4.78 is 15.9. The molecule has 0 unspecified atom stereocenters. The number of nitrogens with one attached hydrogen (secondary N) is 1. The Morgan fingerprint density at radius 3 is 2.67 bits per heavy atom. The standard InChI is InChI=1S/C19H13N3O5/c1-25-15-9-5-3-7-12(15)17-21-22-19(27-17)20-16(23)13-10-11-6-2-4-8-14(11)26-18(13)24/h2-10H,1H3,(H,20,22,23). The minimum absolute atomic E-state index is 0.145. The third-order valence-corrected chi connectivity index (χ3v) is 3.87. The SMILES string of the molecule is COc1ccccc1-c1nnc(NC(=O)c2cc3ccccc3oc2=O)o1. The summed E-state index contributed by atoms with van der Waals surface area (Å²) in [4.78, 5) is 24.5. The number of rotatable bonds is 4. The van der Waals surface area contributed by atoms with Gasteiger partial charge in [0.2, 0.25) is 0 Å². The van der Waals surface area contributed by atoms with E-state index in [1.54, 1.807) is 48.5 Å². The zero-order valence-corrected chi connectivity index (χ0v) is 14.1. The lowest BCUT2D eigenvalue weighted by Crippen LogP contribution is -2.20. The summed E-state index contributed by atoms with van der Waals surface area (Å²) in [5.41, 5.74) is 0.0647. The highest BCUT2D eigenvalue weighted by Crippen LogP contribution is 2.29. The fourth-order valence-corrected chi connectivity index (χ4v) is 2.59. The molecule has 0 fully saturated rings. The first-order chi connectivity index (χ1) is 13.2. The number of hydrogen-bond acceptors (Lipinski definition) is 7. The highest BCUT2D eigenvalue weighted by molar-refractivity contribution is 6.04. The number of amides is 1. The summed E-state index contributed by atoms with van der Waals surface area (Å²) in [7, 11) is 1.52. The van der Waals surface area contributed by atoms with Crippen molar-refractivity contribution >= 4 is 22.9 Å². The molecule has 8 heteroatoms. The Kier molecular flexibility index (Phi) is 4.13. The third kappa shape index (κ3) is 3.15. The molecular weight excluding hydrogens is 350 g/mol. The molecule has 0 aliphatic carbocycles. The first-order valence-electron chi connectivity index (χ1n) is 7.97. The van der Waals surface area contributed by atoms with E-state index < -0.39 is 11.5 Å². The fraction of sp³-hybridized carbons (Fsp3) is 0.0526. The Bertz CT molecular complexity index is 1200. The molecule has 2 aromatic carbocycles. The molecule has 0 bridgehead atoms. The van der Waals surface area contributed by atoms with Gasteiger partial charge in [-0.2, -0.15) is 0 Å². The second-order valence-electron chi connectivity index (χ2n) is 5.55. The van der Waals surface area contributed by atoms with Crippen LogP contribution in [0.2, 0.25) is 0 Å². The van der Waals surface area contributed by atoms with Crippen LogP contribution in [-0.4, -0.2) is 23.2 Å². The summed E-state index contributed by atoms with van der Waals surface area (Å²) in [6, 6.07) is 15.3. The number of nitrogens with zero attached hydrogens (tertiary/aromatic N) is 2. The van der Waals surface area contributed by atoms with Gasteiger partial charge in [-0.25, -0.2) is 4.79 Å². The second kappa shape index (κ2) is 6.75. The van der Waals surface area contributed by atoms with Gasteiger partial charge in [0.15, 0.2) is 0 Å². The monoisotopic (exact) mass is 363 g/mol. The number of aromatic nitrogens is 2. The summed E-state index contributed by atoms with van der Waals surface area (Å²) >= 11 is 0. The molecule has 4 aromatic rings. The van der Waals surface area contributed by atoms with Gasteiger partial charge >= 0.3 is 11.6 Å². The van der Waals surface area contributed by atoms with E-state index in [-0.39, 0.29) is 17.5 Å². The van der Waals surface area contributed by atoms with E-state index in [4.69, 9.17) is 13.6 Å². The van der Waals surface area contributed by atoms with Crippen molar-refractivity contribution in [1.29, 1.82) is 0 Å². The molecule has 4 rings (SSSR count). The van der Waals surface area contributed by atoms with Crippen LogP contribution in [0.1, 0.15) is 10.4 Å². The smallest absolute Gasteiger partial charge is 0.349 e. The predicted molar refractivity (Wildman–Crippen MR) is 96.7 cm³/mol. The molecular formula is C19H13N3O5. The highest BCUT2D eigenvalue weighted by atomic mass is 16.5. The highest BCUT2D eigenvalue weighted by Gasteiger charge is 2.18. The number of ether oxygens (including phenoxy) is 1. The Hall–Kier alpha value is -3.94. The van der Waals surface area contributed by atoms with E-state index in [1.807, 2.05) is 0 Å². The van der Waals surface area contributed by atoms with Crippen molar-refractivity contribution in [3.8, 4) is 17.2 Å². The molecule has 134 valence electrons. The normalized spacial score (nSPS) is 10.7. The molecule has 0 saturated carbocycles. The lowest BCUT2D eigenvalue weighted by atomic mass is 10.2. The molecule has 2 aromatic heterocycles. The molecule has 0 aliphatic heterocycles. The first kappa shape index (κ1) is 16.5. The Balaban J connectivity index is 1.62. The van der Waals surface area contributed by atoms with Gasteiger partial charge in [0, 0.05) is 5.39 Å². The van der Waals surface area contributed by atoms with Crippen LogP contribution in [-0.2, 0) is 0 Å². The van der Waals surface area contributed by atoms with Crippen molar-refractivity contribution in [2.24, 2.45) is 0 Å². The van der Waals surface area contributed by atoms with Crippen molar-refractivity contribution in [2.75, 3.05) is 12.4 Å². The number of para-hydroxylation sites is 2. The zero-order valence-electron chi connectivity index (χ0n) is 14.1. The lowest BCUT2D eigenvalue weighted by Gasteiger charge is -2.03. The van der Waals surface area contributed by atoms with E-state index in [0.717, 1.165) is 0 Å². The largest absolute Gasteiger partial charge is 0.496 e. The lowest BCUT2D eigenvalue weighted by molar-refractivity contribution is 0.102. The number of carbonyl (C=O) groups is 1. The average molecular weight is 363 g/mol. The van der Waals surface area contributed by atoms with Crippen molar-refractivity contribution in [3.05, 3.63) is 70.6 Å². The fourth-order valence-electron chi connectivity index (χ4n) is 2.59. The Morgan fingerprint density at radius 2 is 1.81 bits per heavy atom. The Labute approximate surface area is 152 Å². The predicted octanol–water partition coefficient (Wildman–Crippen LogP) is 3.10. The summed E-state index contributed by atoms with van der Waals surface area (Å²) in [6.07, 6.45) is 0. The van der Waals surface area contributed by atoms with E-state index >= 15 is 0 Å². The van der Waals surface area contributed by atoms with E-state index in [2.05, 4.69) is 15.5 Å². The number of carbonyl (C=O) groups excluding carboxylic acids is 1. The van der Waals surface area contributed by atoms with Gasteiger partial charge in [-0.15, -0.1) is 5.10 Å². The minimum Gasteiger partial charge on any atom is -0.496 e. The number of hydrogen-bond donors (Lipinski definition) is 1. The van der Waals surface area contributed by atoms with Gasteiger partial charge in [-0.1, -0.05) is 35.4 Å². The minimum atomic E-state index is -0.754. The summed E-state index contributed by atoms with van der Waals surface area (Å²) in [5.74, 6) is 0.0206. The van der Waals surface area contributed by atoms with Gasteiger partial charge in [0.25, 0.3) is 11.8 Å². The second-order valence-corrected chi connectivity index (χ2v) is 5.55. The molecule has 0 radical (unpaired) electrons. The van der Waals surface area contributed by atoms with E-state index in [0.29, 0.717) is 22.3 Å². The Morgan fingerprint density at radius 1 is 1.04 bits per heavy atom. The van der Waals surface area contributed by atoms with Gasteiger partial charge < -0.3 is 13.6 Å². The van der Waals surface area contributed by atoms with Crippen molar-refractivity contribution in [3.63, 3.8) is 0 Å². The molecule has 0 spiro atoms. The molecule has 2 heterocycles. The van der Waals surface area contributed by atoms with Crippen LogP contribution < -0.4 is 15.7 Å². The molecule has 0 aliphatic rings. The van der Waals surface area contributed by atoms with Crippen molar-refractivity contribution in [1.82, 2.24) is 10.2 Å². The molecule has 1 N–H and O–H groups in total. The van der Waals surface area contributed by atoms with Gasteiger partial charge in [-0.05, 0) is 24.3 Å². The number of anilines is 1. The van der Waals surface area contributed by atoms with Crippen molar-refractivity contribution in [2.45, 2.75) is 0 Å².